The molecule has 1 saturated carbocycles. The molecule has 1 aliphatic carbocycles. The lowest BCUT2D eigenvalue weighted by molar-refractivity contribution is 0.0475. The van der Waals surface area contributed by atoms with Gasteiger partial charge in [0, 0.05) is 51.4 Å². The molecule has 0 spiro atoms. The summed E-state index contributed by atoms with van der Waals surface area (Å²) in [5, 5.41) is 0.0431. The molecule has 1 aliphatic heterocycles. The van der Waals surface area contributed by atoms with Crippen LogP contribution in [0.1, 0.15) is 48.9 Å². The third-order valence-electron chi connectivity index (χ3n) is 6.79. The number of Topliss-reactive ketones (excluding diaryl/α,β-unsaturated/α-hetero) is 1. The van der Waals surface area contributed by atoms with E-state index in [2.05, 4.69) is 9.88 Å². The zero-order valence-electron chi connectivity index (χ0n) is 18.1. The third kappa shape index (κ3) is 4.35. The number of ketones is 1. The van der Waals surface area contributed by atoms with E-state index in [0.717, 1.165) is 37.8 Å². The van der Waals surface area contributed by atoms with E-state index in [1.54, 1.807) is 11.6 Å². The molecule has 1 aromatic heterocycles. The molecule has 2 heterocycles. The first kappa shape index (κ1) is 23.0. The number of carbonyl (C=O) groups is 1. The fourth-order valence-electron chi connectivity index (χ4n) is 5.05. The Kier molecular flexibility index (Phi) is 6.46. The number of sulfonamides is 1. The van der Waals surface area contributed by atoms with Gasteiger partial charge in [-0.3, -0.25) is 9.69 Å². The number of nitrogens with zero attached hydrogens (tertiary/aromatic N) is 4. The van der Waals surface area contributed by atoms with Crippen LogP contribution in [0.3, 0.4) is 0 Å². The number of piperazine rings is 1. The highest BCUT2D eigenvalue weighted by atomic mass is 32.2. The van der Waals surface area contributed by atoms with E-state index in [0.29, 0.717) is 32.6 Å². The molecule has 4 rings (SSSR count). The summed E-state index contributed by atoms with van der Waals surface area (Å²) in [6.45, 7) is 1.79. The highest BCUT2D eigenvalue weighted by molar-refractivity contribution is 7.89. The molecular formula is C22H28F2N4O3S. The van der Waals surface area contributed by atoms with Gasteiger partial charge in [0.05, 0.1) is 11.9 Å². The predicted molar refractivity (Wildman–Crippen MR) is 115 cm³/mol. The summed E-state index contributed by atoms with van der Waals surface area (Å²) in [6.07, 6.45) is 7.36. The second-order valence-corrected chi connectivity index (χ2v) is 10.6. The first-order chi connectivity index (χ1) is 15.2. The molecule has 10 heteroatoms. The maximum atomic E-state index is 14.0. The molecule has 2 aliphatic rings. The van der Waals surface area contributed by atoms with Gasteiger partial charge in [-0.2, -0.15) is 4.31 Å². The van der Waals surface area contributed by atoms with Crippen molar-refractivity contribution in [2.45, 2.75) is 49.1 Å². The normalized spacial score (nSPS) is 20.0. The number of imidazole rings is 1. The van der Waals surface area contributed by atoms with Gasteiger partial charge >= 0.3 is 0 Å². The molecule has 0 radical (unpaired) electrons. The van der Waals surface area contributed by atoms with Crippen LogP contribution in [-0.4, -0.2) is 64.7 Å². The summed E-state index contributed by atoms with van der Waals surface area (Å²) in [7, 11) is -1.92. The van der Waals surface area contributed by atoms with E-state index in [4.69, 9.17) is 0 Å². The van der Waals surface area contributed by atoms with E-state index in [-0.39, 0.29) is 17.0 Å². The number of hydrogen-bond donors (Lipinski definition) is 0. The molecule has 1 aromatic carbocycles. The van der Waals surface area contributed by atoms with Crippen LogP contribution in [0.4, 0.5) is 8.78 Å². The summed E-state index contributed by atoms with van der Waals surface area (Å²) in [5.74, 6) is -2.18. The van der Waals surface area contributed by atoms with Gasteiger partial charge in [-0.25, -0.2) is 22.2 Å². The number of aryl methyl sites for hydroxylation is 1. The lowest BCUT2D eigenvalue weighted by Gasteiger charge is -2.45. The Morgan fingerprint density at radius 1 is 1.09 bits per heavy atom. The van der Waals surface area contributed by atoms with Crippen molar-refractivity contribution in [3.8, 4) is 0 Å². The molecule has 7 nitrogen and oxygen atoms in total. The lowest BCUT2D eigenvalue weighted by atomic mass is 9.87. The van der Waals surface area contributed by atoms with Crippen LogP contribution in [0.5, 0.6) is 0 Å². The molecule has 174 valence electrons. The first-order valence-corrected chi connectivity index (χ1v) is 12.4. The van der Waals surface area contributed by atoms with Gasteiger partial charge in [0.2, 0.25) is 0 Å². The molecule has 0 amide bonds. The van der Waals surface area contributed by atoms with Crippen LogP contribution in [-0.2, 0) is 17.1 Å². The van der Waals surface area contributed by atoms with Crippen molar-refractivity contribution in [2.24, 2.45) is 7.05 Å². The zero-order chi connectivity index (χ0) is 22.9. The van der Waals surface area contributed by atoms with Crippen LogP contribution in [0, 0.1) is 11.6 Å². The van der Waals surface area contributed by atoms with E-state index in [1.165, 1.54) is 22.9 Å². The maximum Gasteiger partial charge on any atom is 0.262 e. The third-order valence-corrected chi connectivity index (χ3v) is 8.57. The fraction of sp³-hybridized carbons (Fsp3) is 0.545. The van der Waals surface area contributed by atoms with E-state index in [1.807, 2.05) is 0 Å². The minimum Gasteiger partial charge on any atom is -0.339 e. The average molecular weight is 467 g/mol. The highest BCUT2D eigenvalue weighted by Gasteiger charge is 2.42. The summed E-state index contributed by atoms with van der Waals surface area (Å²) >= 11 is 0. The van der Waals surface area contributed by atoms with Gasteiger partial charge in [-0.15, -0.1) is 0 Å². The van der Waals surface area contributed by atoms with Gasteiger partial charge in [-0.1, -0.05) is 18.9 Å². The standard InChI is InChI=1S/C22H28F2N4O3S/c1-26-15-20(25-16-26)32(30,31)28-13-11-27(12-14-28)22(8-2-3-9-22)10-7-19(29)21-17(23)5-4-6-18(21)24/h4-6,15-16H,2-3,7-14H2,1H3. The van der Waals surface area contributed by atoms with Crippen molar-refractivity contribution in [3.63, 3.8) is 0 Å². The summed E-state index contributed by atoms with van der Waals surface area (Å²) < 4.78 is 56.8. The molecule has 32 heavy (non-hydrogen) atoms. The van der Waals surface area contributed by atoms with Crippen molar-refractivity contribution < 1.29 is 22.0 Å². The Labute approximate surface area is 187 Å². The molecule has 1 saturated heterocycles. The van der Waals surface area contributed by atoms with Gasteiger partial charge in [0.15, 0.2) is 10.8 Å². The Morgan fingerprint density at radius 2 is 1.72 bits per heavy atom. The van der Waals surface area contributed by atoms with E-state index >= 15 is 0 Å². The summed E-state index contributed by atoms with van der Waals surface area (Å²) in [4.78, 5) is 18.9. The minimum absolute atomic E-state index is 0.0431. The molecule has 0 N–H and O–H groups in total. The lowest BCUT2D eigenvalue weighted by Crippen LogP contribution is -2.57. The second-order valence-electron chi connectivity index (χ2n) is 8.72. The number of carbonyl (C=O) groups excluding carboxylic acids is 1. The molecule has 0 unspecified atom stereocenters. The first-order valence-electron chi connectivity index (χ1n) is 10.9. The number of benzene rings is 1. The topological polar surface area (TPSA) is 75.5 Å². The quantitative estimate of drug-likeness (QED) is 0.587. The number of rotatable bonds is 7. The van der Waals surface area contributed by atoms with Crippen molar-refractivity contribution in [2.75, 3.05) is 26.2 Å². The predicted octanol–water partition coefficient (Wildman–Crippen LogP) is 2.98. The van der Waals surface area contributed by atoms with E-state index < -0.39 is 33.0 Å². The smallest absolute Gasteiger partial charge is 0.262 e. The number of hydrogen-bond acceptors (Lipinski definition) is 5. The Balaban J connectivity index is 1.43. The monoisotopic (exact) mass is 466 g/mol. The fourth-order valence-corrected chi connectivity index (χ4v) is 6.44. The van der Waals surface area contributed by atoms with Crippen molar-refractivity contribution in [1.82, 2.24) is 18.8 Å². The van der Waals surface area contributed by atoms with Crippen LogP contribution < -0.4 is 0 Å². The molecular weight excluding hydrogens is 438 g/mol. The number of halogens is 2. The minimum atomic E-state index is -3.64. The van der Waals surface area contributed by atoms with Crippen molar-refractivity contribution >= 4 is 15.8 Å². The van der Waals surface area contributed by atoms with Gasteiger partial charge < -0.3 is 4.57 Å². The van der Waals surface area contributed by atoms with Crippen molar-refractivity contribution in [1.29, 1.82) is 0 Å². The van der Waals surface area contributed by atoms with Gasteiger partial charge in [-0.05, 0) is 31.4 Å². The van der Waals surface area contributed by atoms with Gasteiger partial charge in [0.25, 0.3) is 10.0 Å². The molecule has 2 aromatic rings. The van der Waals surface area contributed by atoms with Crippen LogP contribution in [0.25, 0.3) is 0 Å². The van der Waals surface area contributed by atoms with Gasteiger partial charge in [0.1, 0.15) is 11.6 Å². The largest absolute Gasteiger partial charge is 0.339 e. The molecule has 0 atom stereocenters. The van der Waals surface area contributed by atoms with Crippen LogP contribution in [0.15, 0.2) is 35.7 Å². The Hall–Kier alpha value is -2.17. The number of aromatic nitrogens is 2. The highest BCUT2D eigenvalue weighted by Crippen LogP contribution is 2.40. The van der Waals surface area contributed by atoms with Crippen molar-refractivity contribution in [3.05, 3.63) is 47.9 Å². The Bertz CT molecular complexity index is 1070. The SMILES string of the molecule is Cn1cnc(S(=O)(=O)N2CCN(C3(CCC(=O)c4c(F)cccc4F)CCCC3)CC2)c1. The summed E-state index contributed by atoms with van der Waals surface area (Å²) in [6, 6.07) is 3.45. The van der Waals surface area contributed by atoms with Crippen LogP contribution >= 0.6 is 0 Å². The summed E-state index contributed by atoms with van der Waals surface area (Å²) in [5.41, 5.74) is -0.704. The average Bonchev–Trinajstić information content (AvgIpc) is 3.42. The van der Waals surface area contributed by atoms with E-state index in [9.17, 15) is 22.0 Å². The molecule has 0 bridgehead atoms. The second kappa shape index (κ2) is 8.99. The zero-order valence-corrected chi connectivity index (χ0v) is 19.0. The van der Waals surface area contributed by atoms with Crippen LogP contribution in [0.2, 0.25) is 0 Å². The molecule has 2 fully saturated rings. The maximum absolute atomic E-state index is 14.0. The Morgan fingerprint density at radius 3 is 2.28 bits per heavy atom.